The Morgan fingerprint density at radius 3 is 2.59 bits per heavy atom. The second-order valence-corrected chi connectivity index (χ2v) is 8.98. The number of piperidine rings is 1. The van der Waals surface area contributed by atoms with Gasteiger partial charge in [-0.05, 0) is 43.5 Å². The number of hydrogen-bond donors (Lipinski definition) is 3. The minimum absolute atomic E-state index is 0.582. The summed E-state index contributed by atoms with van der Waals surface area (Å²) in [5, 5.41) is 11.2. The second-order valence-electron chi connectivity index (χ2n) is 8.98. The molecule has 1 fully saturated rings. The molecule has 1 saturated heterocycles. The largest absolute Gasteiger partial charge is 0.494 e. The van der Waals surface area contributed by atoms with Gasteiger partial charge in [0.05, 0.1) is 42.3 Å². The molecule has 0 saturated carbocycles. The van der Waals surface area contributed by atoms with Crippen LogP contribution in [0.3, 0.4) is 0 Å². The van der Waals surface area contributed by atoms with E-state index in [4.69, 9.17) is 4.74 Å². The molecular formula is C26H28N10O. The number of anilines is 5. The molecule has 0 amide bonds. The van der Waals surface area contributed by atoms with Crippen molar-refractivity contribution in [1.82, 2.24) is 34.7 Å². The van der Waals surface area contributed by atoms with Crippen LogP contribution in [0.5, 0.6) is 5.75 Å². The number of para-hydroxylation sites is 1. The predicted molar refractivity (Wildman–Crippen MR) is 144 cm³/mol. The molecule has 0 atom stereocenters. The summed E-state index contributed by atoms with van der Waals surface area (Å²) < 4.78 is 7.43. The number of hydrogen-bond acceptors (Lipinski definition) is 9. The minimum Gasteiger partial charge on any atom is -0.494 e. The molecular weight excluding hydrogens is 468 g/mol. The Hall–Kier alpha value is -4.67. The number of aryl methyl sites for hydroxylation is 1. The van der Waals surface area contributed by atoms with E-state index in [0.717, 1.165) is 47.0 Å². The van der Waals surface area contributed by atoms with Gasteiger partial charge in [-0.1, -0.05) is 6.07 Å². The van der Waals surface area contributed by atoms with E-state index in [2.05, 4.69) is 51.6 Å². The molecule has 4 aromatic heterocycles. The van der Waals surface area contributed by atoms with Crippen LogP contribution >= 0.6 is 0 Å². The third-order valence-corrected chi connectivity index (χ3v) is 6.45. The van der Waals surface area contributed by atoms with E-state index in [0.29, 0.717) is 23.0 Å². The zero-order valence-electron chi connectivity index (χ0n) is 20.8. The van der Waals surface area contributed by atoms with Gasteiger partial charge < -0.3 is 25.3 Å². The van der Waals surface area contributed by atoms with E-state index in [-0.39, 0.29) is 0 Å². The minimum atomic E-state index is 0.582. The highest BCUT2D eigenvalue weighted by atomic mass is 16.5. The zero-order chi connectivity index (χ0) is 25.2. The van der Waals surface area contributed by atoms with E-state index in [9.17, 15) is 0 Å². The van der Waals surface area contributed by atoms with Crippen molar-refractivity contribution in [3.05, 3.63) is 55.2 Å². The number of H-pyrrole nitrogens is 1. The van der Waals surface area contributed by atoms with Crippen molar-refractivity contribution in [2.24, 2.45) is 7.05 Å². The maximum Gasteiger partial charge on any atom is 0.184 e. The quantitative estimate of drug-likeness (QED) is 0.296. The fourth-order valence-electron chi connectivity index (χ4n) is 4.66. The van der Waals surface area contributed by atoms with Gasteiger partial charge in [-0.2, -0.15) is 5.10 Å². The van der Waals surface area contributed by atoms with Crippen molar-refractivity contribution in [2.45, 2.75) is 19.3 Å². The van der Waals surface area contributed by atoms with Crippen LogP contribution < -0.4 is 20.3 Å². The maximum absolute atomic E-state index is 5.77. The summed E-state index contributed by atoms with van der Waals surface area (Å²) in [6.07, 6.45) is 8.98. The number of benzene rings is 1. The van der Waals surface area contributed by atoms with Crippen molar-refractivity contribution >= 4 is 39.9 Å². The van der Waals surface area contributed by atoms with Gasteiger partial charge in [0, 0.05) is 26.2 Å². The molecule has 11 heteroatoms. The second kappa shape index (κ2) is 9.76. The van der Waals surface area contributed by atoms with Gasteiger partial charge >= 0.3 is 0 Å². The van der Waals surface area contributed by atoms with Crippen molar-refractivity contribution in [3.63, 3.8) is 0 Å². The molecule has 0 radical (unpaired) electrons. The Morgan fingerprint density at radius 1 is 0.946 bits per heavy atom. The first kappa shape index (κ1) is 22.8. The summed E-state index contributed by atoms with van der Waals surface area (Å²) >= 11 is 0. The topological polar surface area (TPSA) is 122 Å². The molecule has 5 aromatic rings. The van der Waals surface area contributed by atoms with Gasteiger partial charge in [-0.3, -0.25) is 4.68 Å². The summed E-state index contributed by atoms with van der Waals surface area (Å²) in [6.45, 7) is 2.17. The fraction of sp³-hybridized carbons (Fsp3) is 0.269. The predicted octanol–water partition coefficient (Wildman–Crippen LogP) is 4.63. The van der Waals surface area contributed by atoms with Crippen LogP contribution in [-0.2, 0) is 7.05 Å². The van der Waals surface area contributed by atoms with Crippen LogP contribution in [0.4, 0.5) is 28.7 Å². The summed E-state index contributed by atoms with van der Waals surface area (Å²) in [5.41, 5.74) is 4.86. The number of aromatic amines is 1. The number of nitrogens with zero attached hydrogens (tertiary/aromatic N) is 7. The molecule has 1 aromatic carbocycles. The van der Waals surface area contributed by atoms with Gasteiger partial charge in [-0.15, -0.1) is 0 Å². The first-order valence-electron chi connectivity index (χ1n) is 12.3. The number of ether oxygens (including phenoxy) is 1. The fourth-order valence-corrected chi connectivity index (χ4v) is 4.66. The van der Waals surface area contributed by atoms with E-state index in [1.807, 2.05) is 43.6 Å². The third kappa shape index (κ3) is 4.63. The number of methoxy groups -OCH3 is 1. The van der Waals surface area contributed by atoms with Crippen LogP contribution in [0.1, 0.15) is 19.3 Å². The molecule has 0 bridgehead atoms. The lowest BCUT2D eigenvalue weighted by Gasteiger charge is -2.28. The number of aromatic nitrogens is 7. The number of pyridine rings is 2. The highest BCUT2D eigenvalue weighted by Gasteiger charge is 2.17. The molecule has 3 N–H and O–H groups in total. The molecule has 0 spiro atoms. The Bertz CT molecular complexity index is 1520. The molecule has 0 unspecified atom stereocenters. The molecule has 5 heterocycles. The summed E-state index contributed by atoms with van der Waals surface area (Å²) in [7, 11) is 3.47. The molecule has 11 nitrogen and oxygen atoms in total. The number of rotatable bonds is 7. The summed E-state index contributed by atoms with van der Waals surface area (Å²) in [5.74, 6) is 2.57. The van der Waals surface area contributed by atoms with Crippen LogP contribution in [-0.4, -0.2) is 54.9 Å². The Balaban J connectivity index is 1.29. The average Bonchev–Trinajstić information content (AvgIpc) is 3.59. The van der Waals surface area contributed by atoms with Gasteiger partial charge in [-0.25, -0.2) is 19.9 Å². The monoisotopic (exact) mass is 496 g/mol. The standard InChI is InChI=1S/C26H28N10O/c1-35-16-30-25(34-35)18-7-6-8-19(24(18)37-2)31-20-13-22(33-26-23(20)28-15-29-26)32-21-10-9-17(14-27-21)36-11-4-3-5-12-36/h6-10,13-16H,3-5,11-12H2,1-2H3,(H3,27,28,29,31,32,33). The Morgan fingerprint density at radius 2 is 1.84 bits per heavy atom. The molecule has 0 aliphatic carbocycles. The van der Waals surface area contributed by atoms with Gasteiger partial charge in [0.2, 0.25) is 0 Å². The van der Waals surface area contributed by atoms with E-state index in [1.165, 1.54) is 19.3 Å². The van der Waals surface area contributed by atoms with Crippen molar-refractivity contribution in [2.75, 3.05) is 35.7 Å². The first-order chi connectivity index (χ1) is 18.2. The lowest BCUT2D eigenvalue weighted by Crippen LogP contribution is -2.29. The molecule has 1 aliphatic heterocycles. The smallest absolute Gasteiger partial charge is 0.184 e. The van der Waals surface area contributed by atoms with Gasteiger partial charge in [0.1, 0.15) is 23.5 Å². The Kier molecular flexibility index (Phi) is 6.01. The first-order valence-corrected chi connectivity index (χ1v) is 12.3. The van der Waals surface area contributed by atoms with Crippen LogP contribution in [0.2, 0.25) is 0 Å². The summed E-state index contributed by atoms with van der Waals surface area (Å²) in [6, 6.07) is 11.8. The molecule has 1 aliphatic rings. The average molecular weight is 497 g/mol. The number of imidazole rings is 1. The van der Waals surface area contributed by atoms with Crippen LogP contribution in [0, 0.1) is 0 Å². The van der Waals surface area contributed by atoms with Crippen molar-refractivity contribution in [3.8, 4) is 17.1 Å². The number of fused-ring (bicyclic) bond motifs is 1. The van der Waals surface area contributed by atoms with Gasteiger partial charge in [0.25, 0.3) is 0 Å². The molecule has 37 heavy (non-hydrogen) atoms. The number of nitrogens with one attached hydrogen (secondary N) is 3. The maximum atomic E-state index is 5.77. The zero-order valence-corrected chi connectivity index (χ0v) is 20.8. The summed E-state index contributed by atoms with van der Waals surface area (Å²) in [4.78, 5) is 23.6. The van der Waals surface area contributed by atoms with Gasteiger partial charge in [0.15, 0.2) is 17.2 Å². The van der Waals surface area contributed by atoms with E-state index < -0.39 is 0 Å². The molecule has 188 valence electrons. The van der Waals surface area contributed by atoms with E-state index >= 15 is 0 Å². The third-order valence-electron chi connectivity index (χ3n) is 6.45. The SMILES string of the molecule is COc1c(Nc2cc(Nc3ccc(N4CCCCC4)cn3)nc3nc[nH]c23)cccc1-c1ncn(C)n1. The van der Waals surface area contributed by atoms with Crippen LogP contribution in [0.15, 0.2) is 55.2 Å². The normalized spacial score (nSPS) is 13.6. The highest BCUT2D eigenvalue weighted by Crippen LogP contribution is 2.38. The lowest BCUT2D eigenvalue weighted by molar-refractivity contribution is 0.418. The molecule has 6 rings (SSSR count). The van der Waals surface area contributed by atoms with Crippen molar-refractivity contribution in [1.29, 1.82) is 0 Å². The van der Waals surface area contributed by atoms with Crippen molar-refractivity contribution < 1.29 is 4.74 Å². The Labute approximate surface area is 214 Å². The highest BCUT2D eigenvalue weighted by molar-refractivity contribution is 5.91. The van der Waals surface area contributed by atoms with E-state index in [1.54, 1.807) is 24.4 Å². The lowest BCUT2D eigenvalue weighted by atomic mass is 10.1. The van der Waals surface area contributed by atoms with Crippen LogP contribution in [0.25, 0.3) is 22.6 Å².